The fraction of sp³-hybridized carbons (Fsp3) is 0.300. The lowest BCUT2D eigenvalue weighted by Gasteiger charge is -2.24. The average molecular weight is 195 g/mol. The van der Waals surface area contributed by atoms with Crippen molar-refractivity contribution in [3.63, 3.8) is 0 Å². The molecule has 72 valence electrons. The van der Waals surface area contributed by atoms with Crippen molar-refractivity contribution in [2.75, 3.05) is 0 Å². The van der Waals surface area contributed by atoms with Crippen LogP contribution in [0.2, 0.25) is 5.04 Å². The summed E-state index contributed by atoms with van der Waals surface area (Å²) in [5.41, 5.74) is 0.726. The van der Waals surface area contributed by atoms with E-state index in [0.717, 1.165) is 22.4 Å². The molecule has 0 bridgehead atoms. The van der Waals surface area contributed by atoms with Gasteiger partial charge in [-0.15, -0.1) is 19.7 Å². The van der Waals surface area contributed by atoms with E-state index < -0.39 is 0 Å². The summed E-state index contributed by atoms with van der Waals surface area (Å²) in [6.07, 6.45) is 6.76. The summed E-state index contributed by atoms with van der Waals surface area (Å²) in [4.78, 5) is 0. The van der Waals surface area contributed by atoms with Gasteiger partial charge in [-0.1, -0.05) is 23.4 Å². The summed E-state index contributed by atoms with van der Waals surface area (Å²) in [5.74, 6) is 0. The van der Waals surface area contributed by atoms with E-state index in [4.69, 9.17) is 5.21 Å². The Morgan fingerprint density at radius 2 is 2.00 bits per heavy atom. The topological polar surface area (TPSA) is 32.6 Å². The second-order valence-electron chi connectivity index (χ2n) is 3.15. The van der Waals surface area contributed by atoms with Gasteiger partial charge in [-0.3, -0.25) is 0 Å². The molecule has 1 unspecified atom stereocenters. The minimum atomic E-state index is -0.176. The van der Waals surface area contributed by atoms with Gasteiger partial charge >= 0.3 is 0 Å². The molecule has 0 saturated carbocycles. The Bertz CT molecular complexity index is 235. The molecule has 0 aliphatic heterocycles. The molecule has 3 heteroatoms. The van der Waals surface area contributed by atoms with Gasteiger partial charge in [-0.05, 0) is 6.42 Å². The molecule has 0 aromatic rings. The molecule has 1 N–H and O–H groups in total. The van der Waals surface area contributed by atoms with Crippen molar-refractivity contribution in [3.05, 3.63) is 38.0 Å². The molecule has 0 aromatic heterocycles. The first-order valence-corrected chi connectivity index (χ1v) is 5.21. The van der Waals surface area contributed by atoms with Crippen LogP contribution >= 0.6 is 0 Å². The Balaban J connectivity index is 4.78. The highest BCUT2D eigenvalue weighted by Crippen LogP contribution is 2.31. The van der Waals surface area contributed by atoms with Crippen molar-refractivity contribution < 1.29 is 5.21 Å². The molecule has 0 aromatic carbocycles. The summed E-state index contributed by atoms with van der Waals surface area (Å²) in [7, 11) is 0.858. The number of allylic oxidation sites excluding steroid dienone is 3. The van der Waals surface area contributed by atoms with Gasteiger partial charge in [0.05, 0.1) is 5.71 Å². The predicted octanol–water partition coefficient (Wildman–Crippen LogP) is 1.68. The van der Waals surface area contributed by atoms with Crippen LogP contribution in [0.4, 0.5) is 0 Å². The maximum absolute atomic E-state index is 8.83. The maximum atomic E-state index is 8.83. The van der Waals surface area contributed by atoms with Gasteiger partial charge in [0.15, 0.2) is 0 Å². The molecule has 0 spiro atoms. The van der Waals surface area contributed by atoms with E-state index in [0.29, 0.717) is 6.42 Å². The molecule has 2 nitrogen and oxygen atoms in total. The van der Waals surface area contributed by atoms with Gasteiger partial charge in [0.1, 0.15) is 0 Å². The molecule has 1 atom stereocenters. The van der Waals surface area contributed by atoms with Crippen molar-refractivity contribution in [1.82, 2.24) is 0 Å². The van der Waals surface area contributed by atoms with Crippen LogP contribution in [0, 0.1) is 0 Å². The molecule has 0 saturated heterocycles. The van der Waals surface area contributed by atoms with Crippen molar-refractivity contribution in [2.45, 2.75) is 17.9 Å². The lowest BCUT2D eigenvalue weighted by molar-refractivity contribution is 0.315. The van der Waals surface area contributed by atoms with Crippen LogP contribution in [-0.2, 0) is 0 Å². The fourth-order valence-electron chi connectivity index (χ4n) is 1.14. The zero-order valence-electron chi connectivity index (χ0n) is 8.16. The first-order valence-electron chi connectivity index (χ1n) is 4.21. The Morgan fingerprint density at radius 1 is 1.38 bits per heavy atom. The number of oxime groups is 1. The molecule has 0 aliphatic carbocycles. The third-order valence-corrected chi connectivity index (χ3v) is 3.53. The molecule has 0 aliphatic rings. The normalized spacial score (nSPS) is 16.2. The highest BCUT2D eigenvalue weighted by molar-refractivity contribution is 6.31. The summed E-state index contributed by atoms with van der Waals surface area (Å²) in [6.45, 7) is 11.1. The molecule has 13 heavy (non-hydrogen) atoms. The monoisotopic (exact) mass is 195 g/mol. The Morgan fingerprint density at radius 3 is 2.31 bits per heavy atom. The molecule has 0 fully saturated rings. The standard InChI is InChI=1S/C10H17NOSi/c1-4-7-9(11-12)10(13,6-3)8-5-2/h4-6,12H,1-3,7-8H2,13H3. The van der Waals surface area contributed by atoms with Gasteiger partial charge in [-0.2, -0.15) is 0 Å². The summed E-state index contributed by atoms with van der Waals surface area (Å²) < 4.78 is 0. The second kappa shape index (κ2) is 5.53. The summed E-state index contributed by atoms with van der Waals surface area (Å²) in [6, 6.07) is 0. The molecule has 0 amide bonds. The Labute approximate surface area is 82.8 Å². The first kappa shape index (κ1) is 11.9. The van der Waals surface area contributed by atoms with Gasteiger partial charge in [0.25, 0.3) is 0 Å². The molecule has 0 rings (SSSR count). The van der Waals surface area contributed by atoms with Crippen LogP contribution in [0.5, 0.6) is 0 Å². The number of rotatable bonds is 6. The van der Waals surface area contributed by atoms with E-state index in [1.165, 1.54) is 0 Å². The van der Waals surface area contributed by atoms with Crippen LogP contribution in [0.15, 0.2) is 43.1 Å². The van der Waals surface area contributed by atoms with Gasteiger partial charge in [-0.25, -0.2) is 0 Å². The Hall–Kier alpha value is -1.09. The third kappa shape index (κ3) is 3.03. The van der Waals surface area contributed by atoms with E-state index in [-0.39, 0.29) is 5.04 Å². The first-order chi connectivity index (χ1) is 6.14. The molecule has 0 heterocycles. The number of nitrogens with zero attached hydrogens (tertiary/aromatic N) is 1. The van der Waals surface area contributed by atoms with E-state index in [1.807, 2.05) is 12.2 Å². The summed E-state index contributed by atoms with van der Waals surface area (Å²) >= 11 is 0. The van der Waals surface area contributed by atoms with Crippen molar-refractivity contribution >= 4 is 16.0 Å². The minimum absolute atomic E-state index is 0.176. The van der Waals surface area contributed by atoms with Crippen molar-refractivity contribution in [2.24, 2.45) is 5.16 Å². The van der Waals surface area contributed by atoms with E-state index in [2.05, 4.69) is 24.9 Å². The maximum Gasteiger partial charge on any atom is 0.0672 e. The van der Waals surface area contributed by atoms with Gasteiger partial charge in [0, 0.05) is 21.7 Å². The van der Waals surface area contributed by atoms with Crippen LogP contribution < -0.4 is 0 Å². The predicted molar refractivity (Wildman–Crippen MR) is 61.7 cm³/mol. The molecular formula is C10H17NOSi. The second-order valence-corrected chi connectivity index (χ2v) is 4.94. The lowest BCUT2D eigenvalue weighted by Crippen LogP contribution is -2.21. The summed E-state index contributed by atoms with van der Waals surface area (Å²) in [5, 5.41) is 12.0. The van der Waals surface area contributed by atoms with Crippen LogP contribution in [0.1, 0.15) is 12.8 Å². The zero-order valence-corrected chi connectivity index (χ0v) is 10.2. The fourth-order valence-corrected chi connectivity index (χ4v) is 1.74. The van der Waals surface area contributed by atoms with E-state index in [1.54, 1.807) is 6.08 Å². The highest BCUT2D eigenvalue weighted by Gasteiger charge is 2.25. The lowest BCUT2D eigenvalue weighted by atomic mass is 9.95. The average Bonchev–Trinajstić information content (AvgIpc) is 2.14. The molecule has 0 radical (unpaired) electrons. The highest BCUT2D eigenvalue weighted by atomic mass is 28.1. The quantitative estimate of drug-likeness (QED) is 0.226. The van der Waals surface area contributed by atoms with Crippen LogP contribution in [0.25, 0.3) is 0 Å². The smallest absolute Gasteiger partial charge is 0.0672 e. The van der Waals surface area contributed by atoms with Gasteiger partial charge < -0.3 is 5.21 Å². The van der Waals surface area contributed by atoms with Gasteiger partial charge in [0.2, 0.25) is 0 Å². The van der Waals surface area contributed by atoms with E-state index >= 15 is 0 Å². The third-order valence-electron chi connectivity index (χ3n) is 2.14. The SMILES string of the molecule is C=CCC(=NO)C([SiH3])(C=C)CC=C. The van der Waals surface area contributed by atoms with E-state index in [9.17, 15) is 0 Å². The van der Waals surface area contributed by atoms with Crippen molar-refractivity contribution in [3.8, 4) is 0 Å². The minimum Gasteiger partial charge on any atom is -0.411 e. The van der Waals surface area contributed by atoms with Crippen molar-refractivity contribution in [1.29, 1.82) is 0 Å². The zero-order chi connectivity index (χ0) is 10.3. The number of hydrogen-bond donors (Lipinski definition) is 1. The largest absolute Gasteiger partial charge is 0.411 e. The number of hydrogen-bond acceptors (Lipinski definition) is 2. The van der Waals surface area contributed by atoms with Crippen LogP contribution in [0.3, 0.4) is 0 Å². The van der Waals surface area contributed by atoms with Crippen LogP contribution in [-0.4, -0.2) is 21.2 Å². The molecular weight excluding hydrogens is 178 g/mol. The Kier molecular flexibility index (Phi) is 5.07.